The number of fused-ring (bicyclic) bond motifs is 1. The number of benzene rings is 2. The van der Waals surface area contributed by atoms with Crippen LogP contribution >= 0.6 is 11.3 Å². The van der Waals surface area contributed by atoms with E-state index < -0.39 is 0 Å². The van der Waals surface area contributed by atoms with E-state index in [2.05, 4.69) is 10.1 Å². The summed E-state index contributed by atoms with van der Waals surface area (Å²) in [6.07, 6.45) is 2.73. The van der Waals surface area contributed by atoms with Gasteiger partial charge in [-0.05, 0) is 49.9 Å². The van der Waals surface area contributed by atoms with Crippen molar-refractivity contribution in [2.45, 2.75) is 25.9 Å². The zero-order chi connectivity index (χ0) is 19.8. The molecule has 0 spiro atoms. The van der Waals surface area contributed by atoms with Crippen LogP contribution in [0, 0.1) is 5.92 Å². The molecule has 0 amide bonds. The number of ether oxygens (including phenoxy) is 2. The number of oxime groups is 1. The van der Waals surface area contributed by atoms with Gasteiger partial charge in [-0.3, -0.25) is 0 Å². The molecule has 1 saturated carbocycles. The number of hydrogen-bond acceptors (Lipinski definition) is 7. The molecule has 3 aromatic rings. The smallest absolute Gasteiger partial charge is 0.186 e. The van der Waals surface area contributed by atoms with Crippen LogP contribution in [-0.2, 0) is 0 Å². The van der Waals surface area contributed by atoms with E-state index >= 15 is 0 Å². The van der Waals surface area contributed by atoms with Crippen LogP contribution in [0.4, 0.5) is 5.13 Å². The first-order valence-corrected chi connectivity index (χ1v) is 10.7. The van der Waals surface area contributed by atoms with Gasteiger partial charge < -0.3 is 19.6 Å². The number of nitrogens with zero attached hydrogens (tertiary/aromatic N) is 3. The van der Waals surface area contributed by atoms with Gasteiger partial charge in [0.2, 0.25) is 0 Å². The van der Waals surface area contributed by atoms with Crippen LogP contribution in [0.1, 0.15) is 25.3 Å². The average molecular weight is 410 g/mol. The van der Waals surface area contributed by atoms with Gasteiger partial charge in [0, 0.05) is 11.6 Å². The molecule has 2 heterocycles. The maximum Gasteiger partial charge on any atom is 0.186 e. The van der Waals surface area contributed by atoms with E-state index in [4.69, 9.17) is 19.7 Å². The molecule has 2 aromatic carbocycles. The molecule has 1 aliphatic heterocycles. The van der Waals surface area contributed by atoms with Crippen LogP contribution in [0.5, 0.6) is 11.5 Å². The molecule has 0 bridgehead atoms. The quantitative estimate of drug-likeness (QED) is 0.352. The summed E-state index contributed by atoms with van der Waals surface area (Å²) in [7, 11) is 0. The van der Waals surface area contributed by atoms with Crippen molar-refractivity contribution < 1.29 is 14.7 Å². The Morgan fingerprint density at radius 2 is 2.03 bits per heavy atom. The van der Waals surface area contributed by atoms with Gasteiger partial charge in [-0.1, -0.05) is 28.6 Å². The predicted molar refractivity (Wildman–Crippen MR) is 115 cm³/mol. The van der Waals surface area contributed by atoms with Gasteiger partial charge in [-0.15, -0.1) is 0 Å². The summed E-state index contributed by atoms with van der Waals surface area (Å²) in [6, 6.07) is 13.9. The number of thiazole rings is 1. The summed E-state index contributed by atoms with van der Waals surface area (Å²) in [6.45, 7) is 4.23. The van der Waals surface area contributed by atoms with Crippen LogP contribution in [0.15, 0.2) is 47.6 Å². The lowest BCUT2D eigenvalue weighted by molar-refractivity contribution is 0.166. The Morgan fingerprint density at radius 1 is 1.21 bits per heavy atom. The van der Waals surface area contributed by atoms with Gasteiger partial charge in [-0.2, -0.15) is 0 Å². The molecule has 1 aliphatic carbocycles. The molecule has 7 heteroatoms. The van der Waals surface area contributed by atoms with Crippen LogP contribution in [0.3, 0.4) is 0 Å². The minimum absolute atomic E-state index is 0.153. The van der Waals surface area contributed by atoms with E-state index in [9.17, 15) is 0 Å². The average Bonchev–Trinajstić information content (AvgIpc) is 3.45. The van der Waals surface area contributed by atoms with Crippen molar-refractivity contribution >= 4 is 32.4 Å². The number of hydrogen-bond donors (Lipinski definition) is 1. The summed E-state index contributed by atoms with van der Waals surface area (Å²) in [5.74, 6) is 2.48. The summed E-state index contributed by atoms with van der Waals surface area (Å²) in [5.41, 5.74) is 2.47. The van der Waals surface area contributed by atoms with Gasteiger partial charge >= 0.3 is 0 Å². The van der Waals surface area contributed by atoms with E-state index in [0.717, 1.165) is 58.0 Å². The maximum absolute atomic E-state index is 8.97. The van der Waals surface area contributed by atoms with E-state index in [1.54, 1.807) is 18.3 Å². The standard InChI is InChI=1S/C22H23N3O3S/c1-14(24-26)16-7-8-20-21(9-16)29-22(23-20)25-11-19(12-25)28-18-4-2-3-17(10-18)27-13-15-5-6-15/h2-4,7-10,15,19,26H,5-6,11-13H2,1H3. The molecule has 1 aromatic heterocycles. The largest absolute Gasteiger partial charge is 0.493 e. The topological polar surface area (TPSA) is 67.2 Å². The minimum Gasteiger partial charge on any atom is -0.493 e. The van der Waals surface area contributed by atoms with Crippen molar-refractivity contribution in [1.29, 1.82) is 0 Å². The fraction of sp³-hybridized carbons (Fsp3) is 0.364. The molecular formula is C22H23N3O3S. The van der Waals surface area contributed by atoms with Crippen molar-refractivity contribution in [3.63, 3.8) is 0 Å². The zero-order valence-electron chi connectivity index (χ0n) is 16.2. The molecule has 6 nitrogen and oxygen atoms in total. The lowest BCUT2D eigenvalue weighted by atomic mass is 10.1. The molecule has 1 N–H and O–H groups in total. The van der Waals surface area contributed by atoms with Crippen molar-refractivity contribution in [3.8, 4) is 11.5 Å². The van der Waals surface area contributed by atoms with Crippen molar-refractivity contribution in [1.82, 2.24) is 4.98 Å². The third-order valence-electron chi connectivity index (χ3n) is 5.35. The Kier molecular flexibility index (Phi) is 4.75. The minimum atomic E-state index is 0.153. The SMILES string of the molecule is CC(=NO)c1ccc2nc(N3CC(Oc4cccc(OCC5CC5)c4)C3)sc2c1. The van der Waals surface area contributed by atoms with Crippen LogP contribution in [-0.4, -0.2) is 41.7 Å². The van der Waals surface area contributed by atoms with Gasteiger partial charge in [0.1, 0.15) is 17.6 Å². The van der Waals surface area contributed by atoms with Crippen LogP contribution in [0.2, 0.25) is 0 Å². The fourth-order valence-corrected chi connectivity index (χ4v) is 4.35. The van der Waals surface area contributed by atoms with E-state index in [1.165, 1.54) is 12.8 Å². The highest BCUT2D eigenvalue weighted by atomic mass is 32.1. The second kappa shape index (κ2) is 7.55. The third kappa shape index (κ3) is 4.00. The molecule has 0 radical (unpaired) electrons. The number of rotatable bonds is 7. The third-order valence-corrected chi connectivity index (χ3v) is 6.43. The maximum atomic E-state index is 8.97. The van der Waals surface area contributed by atoms with Gasteiger partial charge in [0.15, 0.2) is 5.13 Å². The zero-order valence-corrected chi connectivity index (χ0v) is 17.1. The van der Waals surface area contributed by atoms with E-state index in [0.29, 0.717) is 5.71 Å². The normalized spacial score (nSPS) is 17.4. The van der Waals surface area contributed by atoms with E-state index in [1.807, 2.05) is 42.5 Å². The molecule has 5 rings (SSSR count). The highest BCUT2D eigenvalue weighted by Crippen LogP contribution is 2.34. The lowest BCUT2D eigenvalue weighted by Crippen LogP contribution is -2.54. The highest BCUT2D eigenvalue weighted by Gasteiger charge is 2.31. The number of aromatic nitrogens is 1. The van der Waals surface area contributed by atoms with E-state index in [-0.39, 0.29) is 6.10 Å². The molecule has 1 saturated heterocycles. The van der Waals surface area contributed by atoms with Crippen molar-refractivity contribution in [3.05, 3.63) is 48.0 Å². The van der Waals surface area contributed by atoms with Crippen LogP contribution in [0.25, 0.3) is 10.2 Å². The molecule has 2 aliphatic rings. The first kappa shape index (κ1) is 18.2. The van der Waals surface area contributed by atoms with Crippen LogP contribution < -0.4 is 14.4 Å². The monoisotopic (exact) mass is 409 g/mol. The Bertz CT molecular complexity index is 1050. The molecular weight excluding hydrogens is 386 g/mol. The first-order valence-electron chi connectivity index (χ1n) is 9.92. The first-order chi connectivity index (χ1) is 14.2. The fourth-order valence-electron chi connectivity index (χ4n) is 3.33. The van der Waals surface area contributed by atoms with Gasteiger partial charge in [0.25, 0.3) is 0 Å². The van der Waals surface area contributed by atoms with Crippen molar-refractivity contribution in [2.24, 2.45) is 11.1 Å². The Hall–Kier alpha value is -2.80. The molecule has 150 valence electrons. The summed E-state index contributed by atoms with van der Waals surface area (Å²) in [4.78, 5) is 6.96. The molecule has 29 heavy (non-hydrogen) atoms. The number of anilines is 1. The second-order valence-corrected chi connectivity index (χ2v) is 8.75. The molecule has 0 unspecified atom stereocenters. The highest BCUT2D eigenvalue weighted by molar-refractivity contribution is 7.22. The Morgan fingerprint density at radius 3 is 2.83 bits per heavy atom. The van der Waals surface area contributed by atoms with Crippen molar-refractivity contribution in [2.75, 3.05) is 24.6 Å². The summed E-state index contributed by atoms with van der Waals surface area (Å²) >= 11 is 1.65. The Labute approximate surface area is 173 Å². The summed E-state index contributed by atoms with van der Waals surface area (Å²) < 4.78 is 13.0. The second-order valence-electron chi connectivity index (χ2n) is 7.74. The van der Waals surface area contributed by atoms with Gasteiger partial charge in [0.05, 0.1) is 35.6 Å². The predicted octanol–water partition coefficient (Wildman–Crippen LogP) is 4.55. The van der Waals surface area contributed by atoms with Gasteiger partial charge in [-0.25, -0.2) is 4.98 Å². The lowest BCUT2D eigenvalue weighted by Gasteiger charge is -2.38. The Balaban J connectivity index is 1.20. The summed E-state index contributed by atoms with van der Waals surface area (Å²) in [5, 5.41) is 13.2. The molecule has 2 fully saturated rings. The molecule has 0 atom stereocenters.